The molecule has 5 heteroatoms. The summed E-state index contributed by atoms with van der Waals surface area (Å²) >= 11 is 0. The number of furan rings is 1. The van der Waals surface area contributed by atoms with Crippen LogP contribution in [0, 0.1) is 0 Å². The molecule has 0 aliphatic heterocycles. The zero-order chi connectivity index (χ0) is 33.0. The van der Waals surface area contributed by atoms with Crippen LogP contribution in [0.3, 0.4) is 0 Å². The van der Waals surface area contributed by atoms with Crippen LogP contribution < -0.4 is 0 Å². The molecule has 234 valence electrons. The van der Waals surface area contributed by atoms with Gasteiger partial charge in [0.1, 0.15) is 11.2 Å². The predicted molar refractivity (Wildman–Crippen MR) is 203 cm³/mol. The van der Waals surface area contributed by atoms with Gasteiger partial charge in [-0.3, -0.25) is 0 Å². The predicted octanol–water partition coefficient (Wildman–Crippen LogP) is 11.5. The van der Waals surface area contributed by atoms with E-state index in [9.17, 15) is 0 Å². The van der Waals surface area contributed by atoms with E-state index in [4.69, 9.17) is 19.4 Å². The van der Waals surface area contributed by atoms with Crippen molar-refractivity contribution in [2.45, 2.75) is 0 Å². The number of fused-ring (bicyclic) bond motifs is 6. The maximum absolute atomic E-state index is 6.27. The van der Waals surface area contributed by atoms with Crippen molar-refractivity contribution < 1.29 is 4.42 Å². The standard InChI is InChI=1S/C45H28N4O/c1-3-12-29(13-4-1)30-14-11-15-31(26-30)43-46-44(48-45(47-43)33-23-25-38-37-19-8-10-21-41(37)50-42(38)28-33)32-22-24-36-35-18-7-9-20-39(35)49(40(36)27-32)34-16-5-2-6-17-34/h1-28H. The summed E-state index contributed by atoms with van der Waals surface area (Å²) < 4.78 is 8.58. The van der Waals surface area contributed by atoms with Crippen LogP contribution >= 0.6 is 0 Å². The van der Waals surface area contributed by atoms with Crippen molar-refractivity contribution in [3.05, 3.63) is 170 Å². The normalized spacial score (nSPS) is 11.6. The molecule has 0 spiro atoms. The molecule has 0 N–H and O–H groups in total. The second-order valence-corrected chi connectivity index (χ2v) is 12.5. The van der Waals surface area contributed by atoms with E-state index >= 15 is 0 Å². The molecule has 3 heterocycles. The highest BCUT2D eigenvalue weighted by Crippen LogP contribution is 2.36. The summed E-state index contributed by atoms with van der Waals surface area (Å²) in [6, 6.07) is 58.6. The Bertz CT molecular complexity index is 2870. The van der Waals surface area contributed by atoms with Crippen molar-refractivity contribution in [2.75, 3.05) is 0 Å². The van der Waals surface area contributed by atoms with Gasteiger partial charge in [0.15, 0.2) is 17.5 Å². The Kier molecular flexibility index (Phi) is 6.42. The molecule has 50 heavy (non-hydrogen) atoms. The van der Waals surface area contributed by atoms with Gasteiger partial charge in [-0.2, -0.15) is 0 Å². The van der Waals surface area contributed by atoms with Crippen LogP contribution in [-0.2, 0) is 0 Å². The Morgan fingerprint density at radius 3 is 1.66 bits per heavy atom. The van der Waals surface area contributed by atoms with Crippen molar-refractivity contribution in [3.63, 3.8) is 0 Å². The van der Waals surface area contributed by atoms with Crippen LogP contribution in [0.2, 0.25) is 0 Å². The smallest absolute Gasteiger partial charge is 0.164 e. The van der Waals surface area contributed by atoms with E-state index < -0.39 is 0 Å². The molecule has 0 amide bonds. The monoisotopic (exact) mass is 640 g/mol. The number of hydrogen-bond donors (Lipinski definition) is 0. The molecule has 0 aliphatic rings. The van der Waals surface area contributed by atoms with E-state index in [1.54, 1.807) is 0 Å². The molecular weight excluding hydrogens is 613 g/mol. The lowest BCUT2D eigenvalue weighted by molar-refractivity contribution is 0.669. The highest BCUT2D eigenvalue weighted by Gasteiger charge is 2.18. The SMILES string of the molecule is c1ccc(-c2cccc(-c3nc(-c4ccc5c(c4)oc4ccccc45)nc(-c4ccc5c6ccccc6n(-c6ccccc6)c5c4)n3)c2)cc1. The fourth-order valence-corrected chi connectivity index (χ4v) is 7.06. The van der Waals surface area contributed by atoms with E-state index in [1.165, 1.54) is 10.8 Å². The third kappa shape index (κ3) is 4.67. The van der Waals surface area contributed by atoms with E-state index in [-0.39, 0.29) is 0 Å². The molecule has 0 fully saturated rings. The molecule has 0 radical (unpaired) electrons. The summed E-state index contributed by atoms with van der Waals surface area (Å²) in [7, 11) is 0. The summed E-state index contributed by atoms with van der Waals surface area (Å²) in [6.45, 7) is 0. The van der Waals surface area contributed by atoms with Gasteiger partial charge in [0.05, 0.1) is 11.0 Å². The van der Waals surface area contributed by atoms with Gasteiger partial charge >= 0.3 is 0 Å². The Labute approximate surface area is 287 Å². The fourth-order valence-electron chi connectivity index (χ4n) is 7.06. The minimum atomic E-state index is 0.584. The summed E-state index contributed by atoms with van der Waals surface area (Å²) in [5.74, 6) is 1.80. The van der Waals surface area contributed by atoms with Crippen molar-refractivity contribution >= 4 is 43.7 Å². The number of nitrogens with zero attached hydrogens (tertiary/aromatic N) is 4. The Morgan fingerprint density at radius 1 is 0.340 bits per heavy atom. The van der Waals surface area contributed by atoms with Crippen molar-refractivity contribution in [1.82, 2.24) is 19.5 Å². The van der Waals surface area contributed by atoms with Crippen LogP contribution in [0.5, 0.6) is 0 Å². The molecule has 10 aromatic rings. The van der Waals surface area contributed by atoms with Gasteiger partial charge in [-0.25, -0.2) is 15.0 Å². The van der Waals surface area contributed by atoms with Gasteiger partial charge in [-0.1, -0.05) is 121 Å². The summed E-state index contributed by atoms with van der Waals surface area (Å²) in [6.07, 6.45) is 0. The summed E-state index contributed by atoms with van der Waals surface area (Å²) in [5.41, 5.74) is 9.93. The quantitative estimate of drug-likeness (QED) is 0.188. The molecule has 3 aromatic heterocycles. The first-order chi connectivity index (χ1) is 24.8. The minimum Gasteiger partial charge on any atom is -0.456 e. The third-order valence-electron chi connectivity index (χ3n) is 9.45. The van der Waals surface area contributed by atoms with Crippen LogP contribution in [0.15, 0.2) is 174 Å². The molecule has 5 nitrogen and oxygen atoms in total. The van der Waals surface area contributed by atoms with Gasteiger partial charge in [-0.15, -0.1) is 0 Å². The maximum Gasteiger partial charge on any atom is 0.164 e. The van der Waals surface area contributed by atoms with Crippen molar-refractivity contribution in [3.8, 4) is 51.0 Å². The van der Waals surface area contributed by atoms with Crippen LogP contribution in [0.25, 0.3) is 94.7 Å². The van der Waals surface area contributed by atoms with Gasteiger partial charge < -0.3 is 8.98 Å². The molecule has 0 saturated heterocycles. The second kappa shape index (κ2) is 11.4. The third-order valence-corrected chi connectivity index (χ3v) is 9.45. The van der Waals surface area contributed by atoms with Gasteiger partial charge in [0.2, 0.25) is 0 Å². The molecule has 0 saturated carbocycles. The zero-order valence-electron chi connectivity index (χ0n) is 26.9. The van der Waals surface area contributed by atoms with E-state index in [1.807, 2.05) is 36.4 Å². The average molecular weight is 641 g/mol. The molecule has 7 aromatic carbocycles. The largest absolute Gasteiger partial charge is 0.456 e. The number of hydrogen-bond acceptors (Lipinski definition) is 4. The number of aromatic nitrogens is 4. The molecule has 0 unspecified atom stereocenters. The fraction of sp³-hybridized carbons (Fsp3) is 0. The van der Waals surface area contributed by atoms with E-state index in [0.29, 0.717) is 17.5 Å². The maximum atomic E-state index is 6.27. The van der Waals surface area contributed by atoms with Gasteiger partial charge in [-0.05, 0) is 59.7 Å². The van der Waals surface area contributed by atoms with Crippen LogP contribution in [0.4, 0.5) is 0 Å². The highest BCUT2D eigenvalue weighted by atomic mass is 16.3. The zero-order valence-corrected chi connectivity index (χ0v) is 26.9. The van der Waals surface area contributed by atoms with E-state index in [2.05, 4.69) is 138 Å². The lowest BCUT2D eigenvalue weighted by atomic mass is 10.0. The molecule has 0 bridgehead atoms. The number of benzene rings is 7. The first-order valence-electron chi connectivity index (χ1n) is 16.7. The molecular formula is C45H28N4O. The summed E-state index contributed by atoms with van der Waals surface area (Å²) in [4.78, 5) is 15.4. The second-order valence-electron chi connectivity index (χ2n) is 12.5. The Hall–Kier alpha value is -6.85. The summed E-state index contributed by atoms with van der Waals surface area (Å²) in [5, 5.41) is 4.53. The number of para-hydroxylation sites is 3. The lowest BCUT2D eigenvalue weighted by Gasteiger charge is -2.11. The lowest BCUT2D eigenvalue weighted by Crippen LogP contribution is -2.00. The molecule has 0 atom stereocenters. The number of rotatable bonds is 5. The topological polar surface area (TPSA) is 56.7 Å². The van der Waals surface area contributed by atoms with Gasteiger partial charge in [0.25, 0.3) is 0 Å². The van der Waals surface area contributed by atoms with Crippen molar-refractivity contribution in [2.24, 2.45) is 0 Å². The highest BCUT2D eigenvalue weighted by molar-refractivity contribution is 6.10. The molecule has 10 rings (SSSR count). The minimum absolute atomic E-state index is 0.584. The Morgan fingerprint density at radius 2 is 0.880 bits per heavy atom. The average Bonchev–Trinajstić information content (AvgIpc) is 3.73. The van der Waals surface area contributed by atoms with Gasteiger partial charge in [0, 0.05) is 43.9 Å². The van der Waals surface area contributed by atoms with Crippen molar-refractivity contribution in [1.29, 1.82) is 0 Å². The Balaban J connectivity index is 1.19. The first kappa shape index (κ1) is 28.2. The van der Waals surface area contributed by atoms with Crippen LogP contribution in [0.1, 0.15) is 0 Å². The van der Waals surface area contributed by atoms with Crippen LogP contribution in [-0.4, -0.2) is 19.5 Å². The first-order valence-corrected chi connectivity index (χ1v) is 16.7. The molecule has 0 aliphatic carbocycles. The van der Waals surface area contributed by atoms with E-state index in [0.717, 1.165) is 66.5 Å².